The lowest BCUT2D eigenvalue weighted by atomic mass is 9.97. The molecule has 1 aromatic carbocycles. The van der Waals surface area contributed by atoms with Crippen LogP contribution in [0.15, 0.2) is 24.3 Å². The summed E-state index contributed by atoms with van der Waals surface area (Å²) in [4.78, 5) is 22.8. The van der Waals surface area contributed by atoms with Crippen LogP contribution in [0.1, 0.15) is 13.3 Å². The second-order valence-electron chi connectivity index (χ2n) is 3.88. The van der Waals surface area contributed by atoms with E-state index < -0.39 is 23.9 Å². The van der Waals surface area contributed by atoms with Crippen molar-refractivity contribution in [1.82, 2.24) is 0 Å². The predicted molar refractivity (Wildman–Crippen MR) is 60.9 cm³/mol. The average Bonchev–Trinajstić information content (AvgIpc) is 2.30. The van der Waals surface area contributed by atoms with Crippen molar-refractivity contribution in [2.45, 2.75) is 19.4 Å². The number of carbonyl (C=O) groups excluding carboxylic acids is 1. The van der Waals surface area contributed by atoms with E-state index in [4.69, 9.17) is 9.84 Å². The van der Waals surface area contributed by atoms with E-state index in [-0.39, 0.29) is 0 Å². The third kappa shape index (κ3) is 2.08. The molecule has 90 valence electrons. The molecular formula is C12H13NO4. The molecule has 0 saturated heterocycles. The molecule has 2 unspecified atom stereocenters. The summed E-state index contributed by atoms with van der Waals surface area (Å²) in [5, 5.41) is 11.7. The molecular weight excluding hydrogens is 222 g/mol. The van der Waals surface area contributed by atoms with Gasteiger partial charge < -0.3 is 15.2 Å². The van der Waals surface area contributed by atoms with Gasteiger partial charge in [-0.1, -0.05) is 19.1 Å². The number of carbonyl (C=O) groups is 2. The zero-order chi connectivity index (χ0) is 12.4. The van der Waals surface area contributed by atoms with Crippen molar-refractivity contribution in [1.29, 1.82) is 0 Å². The molecule has 0 aromatic heterocycles. The SMILES string of the molecule is CCC(C(=O)O)C1Oc2ccccc2NC1=O. The number of ether oxygens (including phenoxy) is 1. The van der Waals surface area contributed by atoms with Crippen LogP contribution >= 0.6 is 0 Å². The second kappa shape index (κ2) is 4.45. The van der Waals surface area contributed by atoms with Crippen LogP contribution in [0.5, 0.6) is 5.75 Å². The average molecular weight is 235 g/mol. The normalized spacial score (nSPS) is 19.8. The highest BCUT2D eigenvalue weighted by Crippen LogP contribution is 2.31. The number of anilines is 1. The molecule has 1 heterocycles. The maximum atomic E-state index is 11.8. The fourth-order valence-electron chi connectivity index (χ4n) is 1.85. The highest BCUT2D eigenvalue weighted by atomic mass is 16.5. The van der Waals surface area contributed by atoms with Crippen molar-refractivity contribution in [3.63, 3.8) is 0 Å². The van der Waals surface area contributed by atoms with Gasteiger partial charge in [0, 0.05) is 0 Å². The molecule has 0 saturated carbocycles. The van der Waals surface area contributed by atoms with Crippen molar-refractivity contribution in [2.24, 2.45) is 5.92 Å². The molecule has 1 aromatic rings. The third-order valence-corrected chi connectivity index (χ3v) is 2.78. The predicted octanol–water partition coefficient (Wildman–Crippen LogP) is 1.50. The van der Waals surface area contributed by atoms with Crippen LogP contribution < -0.4 is 10.1 Å². The molecule has 1 aliphatic rings. The van der Waals surface area contributed by atoms with Crippen molar-refractivity contribution in [3.05, 3.63) is 24.3 Å². The van der Waals surface area contributed by atoms with Gasteiger partial charge in [0.05, 0.1) is 5.69 Å². The molecule has 0 spiro atoms. The topological polar surface area (TPSA) is 75.6 Å². The molecule has 1 aliphatic heterocycles. The minimum atomic E-state index is -1.02. The van der Waals surface area contributed by atoms with Gasteiger partial charge in [-0.05, 0) is 18.6 Å². The van der Waals surface area contributed by atoms with Crippen LogP contribution in [0.3, 0.4) is 0 Å². The van der Waals surface area contributed by atoms with Gasteiger partial charge in [-0.3, -0.25) is 9.59 Å². The van der Waals surface area contributed by atoms with E-state index in [1.807, 2.05) is 0 Å². The molecule has 0 fully saturated rings. The van der Waals surface area contributed by atoms with Gasteiger partial charge in [-0.15, -0.1) is 0 Å². The van der Waals surface area contributed by atoms with Gasteiger partial charge >= 0.3 is 5.97 Å². The Bertz CT molecular complexity index is 458. The highest BCUT2D eigenvalue weighted by Gasteiger charge is 2.37. The fourth-order valence-corrected chi connectivity index (χ4v) is 1.85. The first-order valence-electron chi connectivity index (χ1n) is 5.43. The summed E-state index contributed by atoms with van der Waals surface area (Å²) in [5.41, 5.74) is 0.578. The summed E-state index contributed by atoms with van der Waals surface area (Å²) >= 11 is 0. The number of aliphatic carboxylic acids is 1. The first kappa shape index (κ1) is 11.4. The Kier molecular flexibility index (Phi) is 2.99. The quantitative estimate of drug-likeness (QED) is 0.832. The van der Waals surface area contributed by atoms with E-state index >= 15 is 0 Å². The molecule has 5 heteroatoms. The Morgan fingerprint density at radius 2 is 2.24 bits per heavy atom. The molecule has 1 amide bonds. The Hall–Kier alpha value is -2.04. The zero-order valence-corrected chi connectivity index (χ0v) is 9.34. The van der Waals surface area contributed by atoms with Crippen molar-refractivity contribution in [2.75, 3.05) is 5.32 Å². The number of para-hydroxylation sites is 2. The first-order chi connectivity index (χ1) is 8.13. The lowest BCUT2D eigenvalue weighted by molar-refractivity contribution is -0.149. The number of hydrogen-bond acceptors (Lipinski definition) is 3. The zero-order valence-electron chi connectivity index (χ0n) is 9.34. The monoisotopic (exact) mass is 235 g/mol. The van der Waals surface area contributed by atoms with Gasteiger partial charge in [-0.2, -0.15) is 0 Å². The van der Waals surface area contributed by atoms with Crippen LogP contribution in [-0.4, -0.2) is 23.1 Å². The lowest BCUT2D eigenvalue weighted by Crippen LogP contribution is -2.45. The third-order valence-electron chi connectivity index (χ3n) is 2.78. The number of rotatable bonds is 3. The van der Waals surface area contributed by atoms with Gasteiger partial charge in [0.1, 0.15) is 11.7 Å². The summed E-state index contributed by atoms with van der Waals surface area (Å²) in [6.45, 7) is 1.72. The number of carboxylic acids is 1. The summed E-state index contributed by atoms with van der Waals surface area (Å²) in [6, 6.07) is 6.97. The molecule has 5 nitrogen and oxygen atoms in total. The van der Waals surface area contributed by atoms with E-state index in [1.165, 1.54) is 0 Å². The maximum absolute atomic E-state index is 11.8. The Morgan fingerprint density at radius 1 is 1.53 bits per heavy atom. The summed E-state index contributed by atoms with van der Waals surface area (Å²) in [7, 11) is 0. The Balaban J connectivity index is 2.28. The smallest absolute Gasteiger partial charge is 0.310 e. The van der Waals surface area contributed by atoms with Crippen molar-refractivity contribution >= 4 is 17.6 Å². The maximum Gasteiger partial charge on any atom is 0.310 e. The minimum absolute atomic E-state index is 0.343. The molecule has 0 radical (unpaired) electrons. The number of hydrogen-bond donors (Lipinski definition) is 2. The standard InChI is InChI=1S/C12H13NO4/c1-2-7(12(15)16)10-11(14)13-8-5-3-4-6-9(8)17-10/h3-7,10H,2H2,1H3,(H,13,14)(H,15,16). The Labute approximate surface area is 98.4 Å². The van der Waals surface area contributed by atoms with Gasteiger partial charge in [0.2, 0.25) is 0 Å². The van der Waals surface area contributed by atoms with Crippen molar-refractivity contribution in [3.8, 4) is 5.75 Å². The van der Waals surface area contributed by atoms with Gasteiger partial charge in [0.15, 0.2) is 6.10 Å². The van der Waals surface area contributed by atoms with Crippen LogP contribution in [0.25, 0.3) is 0 Å². The molecule has 0 bridgehead atoms. The highest BCUT2D eigenvalue weighted by molar-refractivity contribution is 5.99. The van der Waals surface area contributed by atoms with Crippen LogP contribution in [0.4, 0.5) is 5.69 Å². The minimum Gasteiger partial charge on any atom is -0.481 e. The first-order valence-corrected chi connectivity index (χ1v) is 5.43. The summed E-state index contributed by atoms with van der Waals surface area (Å²) in [6.07, 6.45) is -0.623. The number of fused-ring (bicyclic) bond motifs is 1. The molecule has 2 N–H and O–H groups in total. The second-order valence-corrected chi connectivity index (χ2v) is 3.88. The van der Waals surface area contributed by atoms with E-state index in [2.05, 4.69) is 5.32 Å². The van der Waals surface area contributed by atoms with Crippen LogP contribution in [0, 0.1) is 5.92 Å². The summed E-state index contributed by atoms with van der Waals surface area (Å²) < 4.78 is 5.47. The summed E-state index contributed by atoms with van der Waals surface area (Å²) in [5.74, 6) is -1.75. The van der Waals surface area contributed by atoms with Gasteiger partial charge in [-0.25, -0.2) is 0 Å². The number of carboxylic acid groups (broad SMARTS) is 1. The largest absolute Gasteiger partial charge is 0.481 e. The molecule has 2 atom stereocenters. The van der Waals surface area contributed by atoms with E-state index in [0.717, 1.165) is 0 Å². The molecule has 0 aliphatic carbocycles. The lowest BCUT2D eigenvalue weighted by Gasteiger charge is -2.28. The van der Waals surface area contributed by atoms with Gasteiger partial charge in [0.25, 0.3) is 5.91 Å². The molecule has 2 rings (SSSR count). The molecule has 17 heavy (non-hydrogen) atoms. The van der Waals surface area contributed by atoms with Crippen LogP contribution in [-0.2, 0) is 9.59 Å². The fraction of sp³-hybridized carbons (Fsp3) is 0.333. The number of nitrogens with one attached hydrogen (secondary N) is 1. The number of benzene rings is 1. The Morgan fingerprint density at radius 3 is 2.88 bits per heavy atom. The van der Waals surface area contributed by atoms with Crippen LogP contribution in [0.2, 0.25) is 0 Å². The van der Waals surface area contributed by atoms with E-state index in [9.17, 15) is 9.59 Å². The van der Waals surface area contributed by atoms with E-state index in [1.54, 1.807) is 31.2 Å². The van der Waals surface area contributed by atoms with E-state index in [0.29, 0.717) is 17.9 Å². The number of amides is 1. The van der Waals surface area contributed by atoms with Crippen molar-refractivity contribution < 1.29 is 19.4 Å².